The summed E-state index contributed by atoms with van der Waals surface area (Å²) in [6, 6.07) is 18.5. The molecule has 0 saturated carbocycles. The molecule has 26 heavy (non-hydrogen) atoms. The third-order valence-electron chi connectivity index (χ3n) is 4.44. The fourth-order valence-corrected chi connectivity index (χ4v) is 3.06. The summed E-state index contributed by atoms with van der Waals surface area (Å²) in [4.78, 5) is 16.1. The number of rotatable bonds is 6. The van der Waals surface area contributed by atoms with Crippen LogP contribution in [0.15, 0.2) is 73.2 Å². The Morgan fingerprint density at radius 2 is 1.65 bits per heavy atom. The molecule has 3 heterocycles. The van der Waals surface area contributed by atoms with E-state index in [0.29, 0.717) is 0 Å². The summed E-state index contributed by atoms with van der Waals surface area (Å²) in [7, 11) is 2.02. The molecule has 1 aromatic carbocycles. The molecule has 0 aliphatic carbocycles. The molecule has 0 bridgehead atoms. The van der Waals surface area contributed by atoms with Gasteiger partial charge in [-0.25, -0.2) is 4.98 Å². The summed E-state index contributed by atoms with van der Waals surface area (Å²) in [5.41, 5.74) is 3.12. The maximum absolute atomic E-state index is 4.82. The summed E-state index contributed by atoms with van der Waals surface area (Å²) in [5, 5.41) is 1.16. The molecule has 0 unspecified atom stereocenters. The molecule has 0 amide bonds. The Labute approximate surface area is 153 Å². The lowest BCUT2D eigenvalue weighted by Gasteiger charge is -2.21. The number of hydrogen-bond donors (Lipinski definition) is 0. The standard InChI is InChI=1S/C21H21N5/c1-25-13-12-23-21(25)16-26(14-18-7-4-5-11-22-18)15-19-10-9-17-6-2-3-8-20(17)24-19/h2-13H,14-16H2,1H3. The van der Waals surface area contributed by atoms with Gasteiger partial charge in [-0.1, -0.05) is 30.3 Å². The molecule has 4 rings (SSSR count). The number of nitrogens with zero attached hydrogens (tertiary/aromatic N) is 5. The minimum absolute atomic E-state index is 0.744. The Morgan fingerprint density at radius 3 is 2.46 bits per heavy atom. The van der Waals surface area contributed by atoms with Crippen LogP contribution >= 0.6 is 0 Å². The van der Waals surface area contributed by atoms with Gasteiger partial charge in [-0.2, -0.15) is 0 Å². The van der Waals surface area contributed by atoms with Gasteiger partial charge in [0.1, 0.15) is 5.82 Å². The fraction of sp³-hybridized carbons (Fsp3) is 0.190. The van der Waals surface area contributed by atoms with Crippen LogP contribution < -0.4 is 0 Å². The molecule has 130 valence electrons. The number of aromatic nitrogens is 4. The number of para-hydroxylation sites is 1. The number of fused-ring (bicyclic) bond motifs is 1. The van der Waals surface area contributed by atoms with E-state index in [9.17, 15) is 0 Å². The molecular formula is C21H21N5. The lowest BCUT2D eigenvalue weighted by molar-refractivity contribution is 0.233. The quantitative estimate of drug-likeness (QED) is 0.537. The summed E-state index contributed by atoms with van der Waals surface area (Å²) < 4.78 is 2.05. The monoisotopic (exact) mass is 343 g/mol. The molecule has 4 aromatic rings. The second-order valence-corrected chi connectivity index (χ2v) is 6.42. The lowest BCUT2D eigenvalue weighted by atomic mass is 10.2. The van der Waals surface area contributed by atoms with Gasteiger partial charge in [0.25, 0.3) is 0 Å². The third-order valence-corrected chi connectivity index (χ3v) is 4.44. The minimum Gasteiger partial charge on any atom is -0.337 e. The van der Waals surface area contributed by atoms with Gasteiger partial charge in [0.15, 0.2) is 0 Å². The van der Waals surface area contributed by atoms with Crippen LogP contribution in [0.5, 0.6) is 0 Å². The van der Waals surface area contributed by atoms with Gasteiger partial charge in [0.05, 0.1) is 23.4 Å². The molecular weight excluding hydrogens is 322 g/mol. The van der Waals surface area contributed by atoms with Crippen LogP contribution in [0.1, 0.15) is 17.2 Å². The van der Waals surface area contributed by atoms with E-state index in [2.05, 4.69) is 49.8 Å². The van der Waals surface area contributed by atoms with E-state index in [1.165, 1.54) is 0 Å². The Kier molecular flexibility index (Phi) is 4.71. The lowest BCUT2D eigenvalue weighted by Crippen LogP contribution is -2.25. The van der Waals surface area contributed by atoms with Crippen molar-refractivity contribution in [2.45, 2.75) is 19.6 Å². The van der Waals surface area contributed by atoms with Crippen LogP contribution in [-0.4, -0.2) is 24.4 Å². The molecule has 0 N–H and O–H groups in total. The van der Waals surface area contributed by atoms with Crippen molar-refractivity contribution in [3.63, 3.8) is 0 Å². The second-order valence-electron chi connectivity index (χ2n) is 6.42. The summed E-state index contributed by atoms with van der Waals surface area (Å²) in [6.45, 7) is 2.24. The van der Waals surface area contributed by atoms with Crippen LogP contribution in [0, 0.1) is 0 Å². The van der Waals surface area contributed by atoms with Gasteiger partial charge < -0.3 is 4.57 Å². The van der Waals surface area contributed by atoms with Crippen molar-refractivity contribution < 1.29 is 0 Å². The Balaban J connectivity index is 1.59. The van der Waals surface area contributed by atoms with Crippen LogP contribution in [0.4, 0.5) is 0 Å². The molecule has 0 spiro atoms. The van der Waals surface area contributed by atoms with Crippen molar-refractivity contribution >= 4 is 10.9 Å². The first-order chi connectivity index (χ1) is 12.8. The Morgan fingerprint density at radius 1 is 0.808 bits per heavy atom. The SMILES string of the molecule is Cn1ccnc1CN(Cc1ccccn1)Cc1ccc2ccccc2n1. The fourth-order valence-electron chi connectivity index (χ4n) is 3.06. The number of imidazole rings is 1. The van der Waals surface area contributed by atoms with E-state index in [-0.39, 0.29) is 0 Å². The van der Waals surface area contributed by atoms with Gasteiger partial charge >= 0.3 is 0 Å². The minimum atomic E-state index is 0.744. The number of aryl methyl sites for hydroxylation is 1. The van der Waals surface area contributed by atoms with Crippen LogP contribution in [0.3, 0.4) is 0 Å². The zero-order valence-corrected chi connectivity index (χ0v) is 14.8. The highest BCUT2D eigenvalue weighted by molar-refractivity contribution is 5.78. The van der Waals surface area contributed by atoms with Crippen molar-refractivity contribution in [2.75, 3.05) is 0 Å². The highest BCUT2D eigenvalue weighted by Crippen LogP contribution is 2.15. The van der Waals surface area contributed by atoms with Crippen LogP contribution in [-0.2, 0) is 26.7 Å². The first-order valence-electron chi connectivity index (χ1n) is 8.71. The van der Waals surface area contributed by atoms with Gasteiger partial charge in [-0.3, -0.25) is 14.9 Å². The molecule has 0 fully saturated rings. The van der Waals surface area contributed by atoms with E-state index >= 15 is 0 Å². The predicted molar refractivity (Wildman–Crippen MR) is 102 cm³/mol. The average Bonchev–Trinajstić information content (AvgIpc) is 3.07. The molecule has 0 aliphatic rings. The largest absolute Gasteiger partial charge is 0.337 e. The van der Waals surface area contributed by atoms with Gasteiger partial charge in [-0.15, -0.1) is 0 Å². The Hall–Kier alpha value is -3.05. The van der Waals surface area contributed by atoms with Crippen LogP contribution in [0.2, 0.25) is 0 Å². The van der Waals surface area contributed by atoms with Crippen molar-refractivity contribution in [1.82, 2.24) is 24.4 Å². The first kappa shape index (κ1) is 16.4. The second kappa shape index (κ2) is 7.45. The van der Waals surface area contributed by atoms with E-state index in [0.717, 1.165) is 47.7 Å². The molecule has 5 nitrogen and oxygen atoms in total. The van der Waals surface area contributed by atoms with Gasteiger partial charge in [0, 0.05) is 44.1 Å². The number of benzene rings is 1. The van der Waals surface area contributed by atoms with Gasteiger partial charge in [0.2, 0.25) is 0 Å². The maximum atomic E-state index is 4.82. The van der Waals surface area contributed by atoms with Crippen molar-refractivity contribution in [3.8, 4) is 0 Å². The predicted octanol–water partition coefficient (Wildman–Crippen LogP) is 3.57. The zero-order valence-electron chi connectivity index (χ0n) is 14.8. The van der Waals surface area contributed by atoms with Gasteiger partial charge in [-0.05, 0) is 24.3 Å². The maximum Gasteiger partial charge on any atom is 0.122 e. The Bertz CT molecular complexity index is 993. The van der Waals surface area contributed by atoms with E-state index in [1.807, 2.05) is 49.9 Å². The first-order valence-corrected chi connectivity index (χ1v) is 8.71. The molecule has 0 aliphatic heterocycles. The molecule has 0 saturated heterocycles. The molecule has 3 aromatic heterocycles. The highest BCUT2D eigenvalue weighted by atomic mass is 15.2. The third kappa shape index (κ3) is 3.78. The summed E-state index contributed by atoms with van der Waals surface area (Å²) in [5.74, 6) is 1.03. The van der Waals surface area contributed by atoms with E-state index in [1.54, 1.807) is 0 Å². The van der Waals surface area contributed by atoms with E-state index < -0.39 is 0 Å². The topological polar surface area (TPSA) is 46.8 Å². The number of hydrogen-bond acceptors (Lipinski definition) is 4. The normalized spacial score (nSPS) is 11.3. The number of pyridine rings is 2. The van der Waals surface area contributed by atoms with Crippen molar-refractivity contribution in [3.05, 3.63) is 90.4 Å². The smallest absolute Gasteiger partial charge is 0.122 e. The van der Waals surface area contributed by atoms with Crippen LogP contribution in [0.25, 0.3) is 10.9 Å². The highest BCUT2D eigenvalue weighted by Gasteiger charge is 2.12. The summed E-state index contributed by atoms with van der Waals surface area (Å²) in [6.07, 6.45) is 5.65. The average molecular weight is 343 g/mol. The van der Waals surface area contributed by atoms with Crippen molar-refractivity contribution in [1.29, 1.82) is 0 Å². The summed E-state index contributed by atoms with van der Waals surface area (Å²) >= 11 is 0. The molecule has 0 radical (unpaired) electrons. The zero-order chi connectivity index (χ0) is 17.8. The van der Waals surface area contributed by atoms with E-state index in [4.69, 9.17) is 4.98 Å². The molecule has 0 atom stereocenters. The molecule has 5 heteroatoms. The van der Waals surface area contributed by atoms with Crippen molar-refractivity contribution in [2.24, 2.45) is 7.05 Å².